The number of ether oxygens (including phenoxy) is 3. The van der Waals surface area contributed by atoms with Gasteiger partial charge in [0.15, 0.2) is 21.4 Å². The first kappa shape index (κ1) is 27.5. The zero-order chi connectivity index (χ0) is 25.8. The molecule has 1 amide bonds. The van der Waals surface area contributed by atoms with E-state index < -0.39 is 15.7 Å². The van der Waals surface area contributed by atoms with Crippen molar-refractivity contribution in [3.8, 4) is 5.88 Å². The number of benzene rings is 1. The molecule has 1 aromatic heterocycles. The molecule has 1 aliphatic carbocycles. The minimum Gasteiger partial charge on any atom is -0.474 e. The summed E-state index contributed by atoms with van der Waals surface area (Å²) in [5.74, 6) is -0.0992. The van der Waals surface area contributed by atoms with E-state index in [-0.39, 0.29) is 28.3 Å². The van der Waals surface area contributed by atoms with Gasteiger partial charge in [-0.2, -0.15) is 0 Å². The van der Waals surface area contributed by atoms with E-state index in [1.54, 1.807) is 7.11 Å². The molecule has 1 aliphatic rings. The molecule has 1 heterocycles. The van der Waals surface area contributed by atoms with Gasteiger partial charge in [0.05, 0.1) is 29.6 Å². The van der Waals surface area contributed by atoms with Crippen molar-refractivity contribution in [1.82, 2.24) is 9.97 Å². The van der Waals surface area contributed by atoms with Crippen LogP contribution in [0.15, 0.2) is 46.7 Å². The number of nitrogens with one attached hydrogen (secondary N) is 1. The molecule has 196 valence electrons. The van der Waals surface area contributed by atoms with Crippen LogP contribution in [0, 0.1) is 0 Å². The number of methoxy groups -OCH3 is 2. The molecule has 0 saturated heterocycles. The maximum atomic E-state index is 13.1. The molecule has 0 aliphatic heterocycles. The summed E-state index contributed by atoms with van der Waals surface area (Å²) in [6.45, 7) is 1.09. The van der Waals surface area contributed by atoms with Crippen LogP contribution in [0.4, 0.5) is 5.82 Å². The van der Waals surface area contributed by atoms with Crippen LogP contribution in [-0.2, 0) is 28.9 Å². The lowest BCUT2D eigenvalue weighted by molar-refractivity contribution is -0.110. The summed E-state index contributed by atoms with van der Waals surface area (Å²) >= 11 is 0. The normalized spacial score (nSPS) is 14.6. The summed E-state index contributed by atoms with van der Waals surface area (Å²) < 4.78 is 40.3. The number of sulfone groups is 1. The summed E-state index contributed by atoms with van der Waals surface area (Å²) in [6, 6.07) is 6.00. The van der Waals surface area contributed by atoms with Gasteiger partial charge in [0.2, 0.25) is 5.88 Å². The number of rotatable bonds is 14. The summed E-state index contributed by atoms with van der Waals surface area (Å²) in [6.07, 6.45) is 6.92. The molecule has 12 heteroatoms. The molecule has 0 unspecified atom stereocenters. The van der Waals surface area contributed by atoms with E-state index in [0.717, 1.165) is 25.7 Å². The van der Waals surface area contributed by atoms with Crippen molar-refractivity contribution in [1.29, 1.82) is 0 Å². The van der Waals surface area contributed by atoms with Crippen LogP contribution in [0.5, 0.6) is 5.88 Å². The predicted octanol–water partition coefficient (Wildman–Crippen LogP) is 2.61. The Labute approximate surface area is 211 Å². The lowest BCUT2D eigenvalue weighted by atomic mass is 10.1. The van der Waals surface area contributed by atoms with Crippen molar-refractivity contribution in [3.63, 3.8) is 0 Å². The lowest BCUT2D eigenvalue weighted by Crippen LogP contribution is -2.25. The van der Waals surface area contributed by atoms with Gasteiger partial charge in [-0.15, -0.1) is 0 Å². The van der Waals surface area contributed by atoms with E-state index in [1.807, 2.05) is 0 Å². The molecular formula is C24H32N4O7S. The van der Waals surface area contributed by atoms with Crippen LogP contribution in [0.3, 0.4) is 0 Å². The third kappa shape index (κ3) is 8.25. The third-order valence-electron chi connectivity index (χ3n) is 5.47. The Morgan fingerprint density at radius 3 is 2.39 bits per heavy atom. The molecule has 0 bridgehead atoms. The van der Waals surface area contributed by atoms with Crippen LogP contribution < -0.4 is 10.1 Å². The highest BCUT2D eigenvalue weighted by Crippen LogP contribution is 2.22. The van der Waals surface area contributed by atoms with E-state index in [4.69, 9.17) is 19.0 Å². The fourth-order valence-electron chi connectivity index (χ4n) is 3.54. The average Bonchev–Trinajstić information content (AvgIpc) is 3.39. The number of amides is 1. The predicted molar refractivity (Wildman–Crippen MR) is 133 cm³/mol. The van der Waals surface area contributed by atoms with Crippen LogP contribution in [0.25, 0.3) is 0 Å². The Bertz CT molecular complexity index is 1100. The second-order valence-electron chi connectivity index (χ2n) is 8.18. The highest BCUT2D eigenvalue weighted by Gasteiger charge is 2.21. The zero-order valence-electron chi connectivity index (χ0n) is 20.5. The molecule has 11 nitrogen and oxygen atoms in total. The molecule has 0 spiro atoms. The number of nitrogens with zero attached hydrogens (tertiary/aromatic N) is 3. The summed E-state index contributed by atoms with van der Waals surface area (Å²) in [5.41, 5.74) is 0.418. The summed E-state index contributed by atoms with van der Waals surface area (Å²) in [7, 11) is -0.378. The van der Waals surface area contributed by atoms with Crippen LogP contribution in [0.1, 0.15) is 37.7 Å². The van der Waals surface area contributed by atoms with Crippen molar-refractivity contribution in [2.45, 2.75) is 43.1 Å². The first-order valence-corrected chi connectivity index (χ1v) is 13.4. The van der Waals surface area contributed by atoms with Crippen molar-refractivity contribution in [2.24, 2.45) is 5.16 Å². The second-order valence-corrected chi connectivity index (χ2v) is 10.3. The quantitative estimate of drug-likeness (QED) is 0.226. The third-order valence-corrected chi connectivity index (χ3v) is 7.28. The first-order chi connectivity index (χ1) is 17.4. The van der Waals surface area contributed by atoms with Gasteiger partial charge in [-0.05, 0) is 44.2 Å². The van der Waals surface area contributed by atoms with Gasteiger partial charge >= 0.3 is 0 Å². The van der Waals surface area contributed by atoms with Crippen LogP contribution >= 0.6 is 0 Å². The number of hydrogen-bond donors (Lipinski definition) is 1. The topological polar surface area (TPSA) is 138 Å². The van der Waals surface area contributed by atoms with E-state index in [0.29, 0.717) is 37.7 Å². The summed E-state index contributed by atoms with van der Waals surface area (Å²) in [4.78, 5) is 27.2. The number of aromatic nitrogens is 2. The molecular weight excluding hydrogens is 488 g/mol. The van der Waals surface area contributed by atoms with Gasteiger partial charge in [0.25, 0.3) is 5.91 Å². The number of oxime groups is 1. The van der Waals surface area contributed by atoms with Crippen molar-refractivity contribution in [3.05, 3.63) is 42.2 Å². The smallest absolute Gasteiger partial charge is 0.279 e. The van der Waals surface area contributed by atoms with Gasteiger partial charge in [-0.3, -0.25) is 4.79 Å². The van der Waals surface area contributed by atoms with Crippen molar-refractivity contribution < 1.29 is 32.3 Å². The van der Waals surface area contributed by atoms with Gasteiger partial charge in [0, 0.05) is 26.4 Å². The minimum atomic E-state index is -3.47. The fourth-order valence-corrected chi connectivity index (χ4v) is 4.82. The zero-order valence-corrected chi connectivity index (χ0v) is 21.3. The standard InChI is InChI=1S/C24H32N4O7S/c1-32-12-5-15-36(30,31)20-10-8-18(9-11-20)23(28-35-19-6-3-4-7-19)24(29)27-21-16-26-22(17-25-21)34-14-13-33-2/h8-11,16-17,19H,3-7,12-15H2,1-2H3,(H,25,27,29). The Balaban J connectivity index is 1.75. The fraction of sp³-hybridized carbons (Fsp3) is 0.500. The van der Waals surface area contributed by atoms with Crippen LogP contribution in [0.2, 0.25) is 0 Å². The van der Waals surface area contributed by atoms with Crippen molar-refractivity contribution in [2.75, 3.05) is 45.1 Å². The van der Waals surface area contributed by atoms with Gasteiger partial charge in [0.1, 0.15) is 12.7 Å². The molecule has 3 rings (SSSR count). The maximum Gasteiger partial charge on any atom is 0.279 e. The number of anilines is 1. The molecule has 1 N–H and O–H groups in total. The highest BCUT2D eigenvalue weighted by molar-refractivity contribution is 7.91. The molecule has 0 atom stereocenters. The minimum absolute atomic E-state index is 0.00690. The maximum absolute atomic E-state index is 13.1. The van der Waals surface area contributed by atoms with Crippen LogP contribution in [-0.4, -0.2) is 75.9 Å². The van der Waals surface area contributed by atoms with Crippen molar-refractivity contribution >= 4 is 27.3 Å². The number of hydrogen-bond acceptors (Lipinski definition) is 10. The Morgan fingerprint density at radius 1 is 1.03 bits per heavy atom. The van der Waals surface area contributed by atoms with E-state index in [2.05, 4.69) is 20.4 Å². The Morgan fingerprint density at radius 2 is 1.75 bits per heavy atom. The van der Waals surface area contributed by atoms with Gasteiger partial charge in [-0.25, -0.2) is 18.4 Å². The monoisotopic (exact) mass is 520 g/mol. The summed E-state index contributed by atoms with van der Waals surface area (Å²) in [5, 5.41) is 6.80. The second kappa shape index (κ2) is 13.9. The Kier molecular flexibility index (Phi) is 10.6. The van der Waals surface area contributed by atoms with E-state index in [1.165, 1.54) is 43.8 Å². The van der Waals surface area contributed by atoms with Gasteiger partial charge in [-0.1, -0.05) is 17.3 Å². The number of carbonyl (C=O) groups is 1. The van der Waals surface area contributed by atoms with Gasteiger partial charge < -0.3 is 24.4 Å². The largest absolute Gasteiger partial charge is 0.474 e. The average molecular weight is 521 g/mol. The highest BCUT2D eigenvalue weighted by atomic mass is 32.2. The van der Waals surface area contributed by atoms with E-state index >= 15 is 0 Å². The molecule has 1 saturated carbocycles. The molecule has 2 aromatic rings. The molecule has 36 heavy (non-hydrogen) atoms. The molecule has 0 radical (unpaired) electrons. The molecule has 1 fully saturated rings. The first-order valence-electron chi connectivity index (χ1n) is 11.7. The molecule has 1 aromatic carbocycles. The SMILES string of the molecule is COCCCS(=O)(=O)c1ccc(C(=NOC2CCCC2)C(=O)Nc2cnc(OCCOC)cn2)cc1. The Hall–Kier alpha value is -3.09. The lowest BCUT2D eigenvalue weighted by Gasteiger charge is -2.12. The van der Waals surface area contributed by atoms with E-state index in [9.17, 15) is 13.2 Å². The number of carbonyl (C=O) groups excluding carboxylic acids is 1.